The van der Waals surface area contributed by atoms with E-state index < -0.39 is 5.97 Å². The number of hydrogen-bond acceptors (Lipinski definition) is 4. The zero-order valence-electron chi connectivity index (χ0n) is 14.2. The number of esters is 1. The van der Waals surface area contributed by atoms with Gasteiger partial charge in [-0.05, 0) is 126 Å². The normalized spacial score (nSPS) is 15.3. The summed E-state index contributed by atoms with van der Waals surface area (Å²) < 4.78 is 14.7. The number of ether oxygens (including phenoxy) is 2. The van der Waals surface area contributed by atoms with Gasteiger partial charge >= 0.3 is 5.97 Å². The Hall–Kier alpha value is -0.710. The number of carbonyl (C=O) groups is 1. The molecule has 0 radical (unpaired) electrons. The van der Waals surface area contributed by atoms with Crippen LogP contribution in [0.4, 0.5) is 0 Å². The maximum atomic E-state index is 12.2. The highest BCUT2D eigenvalue weighted by Gasteiger charge is 2.24. The number of rotatable bonds is 4. The van der Waals surface area contributed by atoms with Crippen molar-refractivity contribution in [3.8, 4) is 5.75 Å². The van der Waals surface area contributed by atoms with Crippen molar-refractivity contribution in [3.63, 3.8) is 0 Å². The quantitative estimate of drug-likeness (QED) is 0.207. The van der Waals surface area contributed by atoms with Gasteiger partial charge in [0.05, 0.1) is 15.0 Å². The molecule has 0 N–H and O–H groups in total. The van der Waals surface area contributed by atoms with Gasteiger partial charge in [-0.1, -0.05) is 0 Å². The van der Waals surface area contributed by atoms with E-state index >= 15 is 0 Å². The highest BCUT2D eigenvalue weighted by molar-refractivity contribution is 14.1. The van der Waals surface area contributed by atoms with Gasteiger partial charge in [-0.15, -0.1) is 0 Å². The molecule has 0 spiro atoms. The molecular formula is C19H13Br3INO3. The van der Waals surface area contributed by atoms with E-state index in [1.165, 1.54) is 0 Å². The van der Waals surface area contributed by atoms with E-state index in [0.29, 0.717) is 11.6 Å². The lowest BCUT2D eigenvalue weighted by Crippen LogP contribution is -2.06. The highest BCUT2D eigenvalue weighted by atomic mass is 127. The van der Waals surface area contributed by atoms with E-state index in [1.54, 1.807) is 6.08 Å². The standard InChI is InChI=1S/C19H13Br3INO3/c1-9(2)26-17-13(21)5-10(6-14(17)22)7-16-19(25)27-18(24-16)11-3-4-15(23)12(20)8-11/h3-9H,1-2H3/b16-7-. The summed E-state index contributed by atoms with van der Waals surface area (Å²) in [5.41, 5.74) is 1.78. The van der Waals surface area contributed by atoms with E-state index in [2.05, 4.69) is 75.4 Å². The Bertz CT molecular complexity index is 963. The predicted octanol–water partition coefficient (Wildman–Crippen LogP) is 6.71. The number of hydrogen-bond donors (Lipinski definition) is 0. The average molecular weight is 670 g/mol. The van der Waals surface area contributed by atoms with Crippen LogP contribution >= 0.6 is 70.4 Å². The molecule has 3 rings (SSSR count). The van der Waals surface area contributed by atoms with Crippen molar-refractivity contribution in [3.05, 3.63) is 64.1 Å². The Morgan fingerprint density at radius 2 is 1.78 bits per heavy atom. The van der Waals surface area contributed by atoms with E-state index in [0.717, 1.165) is 28.1 Å². The first-order valence-corrected chi connectivity index (χ1v) is 11.3. The molecule has 0 unspecified atom stereocenters. The lowest BCUT2D eigenvalue weighted by Gasteiger charge is -2.14. The second-order valence-electron chi connectivity index (χ2n) is 5.95. The van der Waals surface area contributed by atoms with Gasteiger partial charge in [0, 0.05) is 13.6 Å². The number of cyclic esters (lactones) is 1. The van der Waals surface area contributed by atoms with Crippen molar-refractivity contribution >= 4 is 88.3 Å². The molecule has 0 aliphatic carbocycles. The lowest BCUT2D eigenvalue weighted by atomic mass is 10.2. The molecule has 1 aliphatic heterocycles. The fourth-order valence-corrected chi connectivity index (χ4v) is 4.45. The van der Waals surface area contributed by atoms with Gasteiger partial charge in [0.25, 0.3) is 0 Å². The van der Waals surface area contributed by atoms with Gasteiger partial charge < -0.3 is 9.47 Å². The number of carbonyl (C=O) groups excluding carboxylic acids is 1. The zero-order chi connectivity index (χ0) is 19.7. The van der Waals surface area contributed by atoms with Crippen LogP contribution in [0.15, 0.2) is 54.4 Å². The molecule has 140 valence electrons. The summed E-state index contributed by atoms with van der Waals surface area (Å²) in [6.07, 6.45) is 1.73. The molecule has 0 bridgehead atoms. The molecular weight excluding hydrogens is 657 g/mol. The summed E-state index contributed by atoms with van der Waals surface area (Å²) in [5, 5.41) is 0. The minimum Gasteiger partial charge on any atom is -0.489 e. The monoisotopic (exact) mass is 667 g/mol. The van der Waals surface area contributed by atoms with Gasteiger partial charge in [-0.2, -0.15) is 0 Å². The highest BCUT2D eigenvalue weighted by Crippen LogP contribution is 2.36. The summed E-state index contributed by atoms with van der Waals surface area (Å²) >= 11 is 12.7. The zero-order valence-corrected chi connectivity index (χ0v) is 21.1. The van der Waals surface area contributed by atoms with Crippen LogP contribution < -0.4 is 4.74 Å². The third kappa shape index (κ3) is 5.02. The molecule has 1 aliphatic rings. The molecule has 0 atom stereocenters. The van der Waals surface area contributed by atoms with Crippen molar-refractivity contribution < 1.29 is 14.3 Å². The summed E-state index contributed by atoms with van der Waals surface area (Å²) in [6, 6.07) is 9.42. The summed E-state index contributed by atoms with van der Waals surface area (Å²) in [5.74, 6) is 0.532. The van der Waals surface area contributed by atoms with Crippen molar-refractivity contribution in [1.82, 2.24) is 0 Å². The van der Waals surface area contributed by atoms with Crippen LogP contribution in [-0.2, 0) is 9.53 Å². The third-order valence-electron chi connectivity index (χ3n) is 3.46. The predicted molar refractivity (Wildman–Crippen MR) is 125 cm³/mol. The van der Waals surface area contributed by atoms with Gasteiger partial charge in [0.2, 0.25) is 5.90 Å². The molecule has 27 heavy (non-hydrogen) atoms. The Kier molecular flexibility index (Phi) is 6.81. The fourth-order valence-electron chi connectivity index (χ4n) is 2.33. The van der Waals surface area contributed by atoms with E-state index in [9.17, 15) is 4.79 Å². The van der Waals surface area contributed by atoms with Crippen LogP contribution in [0.25, 0.3) is 6.08 Å². The molecule has 2 aromatic rings. The van der Waals surface area contributed by atoms with Crippen molar-refractivity contribution in [2.45, 2.75) is 20.0 Å². The number of nitrogens with zero attached hydrogens (tertiary/aromatic N) is 1. The van der Waals surface area contributed by atoms with E-state index in [-0.39, 0.29) is 11.8 Å². The van der Waals surface area contributed by atoms with Crippen LogP contribution in [0.1, 0.15) is 25.0 Å². The molecule has 2 aromatic carbocycles. The first-order chi connectivity index (χ1) is 12.7. The topological polar surface area (TPSA) is 47.9 Å². The van der Waals surface area contributed by atoms with Crippen molar-refractivity contribution in [2.24, 2.45) is 4.99 Å². The molecule has 1 heterocycles. The van der Waals surface area contributed by atoms with E-state index in [4.69, 9.17) is 9.47 Å². The van der Waals surface area contributed by atoms with Crippen LogP contribution in [0, 0.1) is 3.57 Å². The number of aliphatic imine (C=N–C) groups is 1. The first-order valence-electron chi connectivity index (χ1n) is 7.88. The van der Waals surface area contributed by atoms with Gasteiger partial charge in [-0.25, -0.2) is 9.79 Å². The first kappa shape index (κ1) is 21.0. The molecule has 0 saturated carbocycles. The molecule has 0 aromatic heterocycles. The summed E-state index contributed by atoms with van der Waals surface area (Å²) in [7, 11) is 0. The number of halogens is 4. The summed E-state index contributed by atoms with van der Waals surface area (Å²) in [4.78, 5) is 16.6. The smallest absolute Gasteiger partial charge is 0.363 e. The maximum Gasteiger partial charge on any atom is 0.363 e. The van der Waals surface area contributed by atoms with Crippen LogP contribution in [0.3, 0.4) is 0 Å². The molecule has 0 fully saturated rings. The van der Waals surface area contributed by atoms with Crippen molar-refractivity contribution in [2.75, 3.05) is 0 Å². The average Bonchev–Trinajstić information content (AvgIpc) is 2.94. The Labute approximate surface area is 195 Å². The molecule has 4 nitrogen and oxygen atoms in total. The van der Waals surface area contributed by atoms with Crippen LogP contribution in [-0.4, -0.2) is 18.0 Å². The van der Waals surface area contributed by atoms with E-state index in [1.807, 2.05) is 44.2 Å². The van der Waals surface area contributed by atoms with Gasteiger partial charge in [0.1, 0.15) is 5.75 Å². The largest absolute Gasteiger partial charge is 0.489 e. The number of benzene rings is 2. The molecule has 0 saturated heterocycles. The minimum atomic E-state index is -0.477. The van der Waals surface area contributed by atoms with Gasteiger partial charge in [0.15, 0.2) is 5.70 Å². The second-order valence-corrected chi connectivity index (χ2v) is 9.67. The molecule has 8 heteroatoms. The molecule has 0 amide bonds. The van der Waals surface area contributed by atoms with Gasteiger partial charge in [-0.3, -0.25) is 0 Å². The second kappa shape index (κ2) is 8.75. The lowest BCUT2D eigenvalue weighted by molar-refractivity contribution is -0.129. The Morgan fingerprint density at radius 3 is 2.37 bits per heavy atom. The van der Waals surface area contributed by atoms with Crippen LogP contribution in [0.2, 0.25) is 0 Å². The minimum absolute atomic E-state index is 0.0482. The van der Waals surface area contributed by atoms with Crippen LogP contribution in [0.5, 0.6) is 5.75 Å². The fraction of sp³-hybridized carbons (Fsp3) is 0.158. The summed E-state index contributed by atoms with van der Waals surface area (Å²) in [6.45, 7) is 3.92. The SMILES string of the molecule is CC(C)Oc1c(Br)cc(/C=C2\N=C(c3ccc(I)c(Br)c3)OC2=O)cc1Br. The maximum absolute atomic E-state index is 12.2. The Morgan fingerprint density at radius 1 is 1.11 bits per heavy atom. The third-order valence-corrected chi connectivity index (χ3v) is 6.98. The Balaban J connectivity index is 1.93. The van der Waals surface area contributed by atoms with Crippen molar-refractivity contribution in [1.29, 1.82) is 0 Å².